The second-order valence-corrected chi connectivity index (χ2v) is 9.63. The van der Waals surface area contributed by atoms with Gasteiger partial charge in [0.2, 0.25) is 0 Å². The van der Waals surface area contributed by atoms with Crippen LogP contribution in [0.3, 0.4) is 0 Å². The van der Waals surface area contributed by atoms with Crippen LogP contribution in [-0.4, -0.2) is 48.3 Å². The van der Waals surface area contributed by atoms with Crippen molar-refractivity contribution in [1.82, 2.24) is 4.90 Å². The summed E-state index contributed by atoms with van der Waals surface area (Å²) in [6, 6.07) is 22.1. The van der Waals surface area contributed by atoms with Crippen LogP contribution in [0.15, 0.2) is 60.7 Å². The van der Waals surface area contributed by atoms with Crippen LogP contribution in [0.2, 0.25) is 0 Å². The lowest BCUT2D eigenvalue weighted by Gasteiger charge is -2.51. The lowest BCUT2D eigenvalue weighted by Crippen LogP contribution is -2.57. The fraction of sp³-hybridized carbons (Fsp3) is 0.538. The number of piperidine rings is 2. The van der Waals surface area contributed by atoms with Gasteiger partial charge in [0.15, 0.2) is 0 Å². The molecule has 3 heteroatoms. The summed E-state index contributed by atoms with van der Waals surface area (Å²) in [5, 5.41) is 11.3. The van der Waals surface area contributed by atoms with Gasteiger partial charge in [0, 0.05) is 43.8 Å². The van der Waals surface area contributed by atoms with Gasteiger partial charge in [0.1, 0.15) is 0 Å². The van der Waals surface area contributed by atoms with Crippen molar-refractivity contribution < 1.29 is 5.11 Å². The van der Waals surface area contributed by atoms with Crippen molar-refractivity contribution in [2.75, 3.05) is 31.6 Å². The molecule has 2 fully saturated rings. The van der Waals surface area contributed by atoms with Crippen LogP contribution >= 0.6 is 0 Å². The summed E-state index contributed by atoms with van der Waals surface area (Å²) in [5.74, 6) is 0. The predicted molar refractivity (Wildman–Crippen MR) is 122 cm³/mol. The number of hydrogen-bond acceptors (Lipinski definition) is 3. The molecule has 2 saturated heterocycles. The highest BCUT2D eigenvalue weighted by atomic mass is 16.3. The highest BCUT2D eigenvalue weighted by Gasteiger charge is 2.44. The quantitative estimate of drug-likeness (QED) is 0.761. The van der Waals surface area contributed by atoms with E-state index in [1.807, 2.05) is 0 Å². The van der Waals surface area contributed by atoms with Crippen LogP contribution in [0.4, 0.5) is 5.69 Å². The van der Waals surface area contributed by atoms with Crippen LogP contribution < -0.4 is 4.90 Å². The Labute approximate surface area is 176 Å². The Balaban J connectivity index is 1.30. The summed E-state index contributed by atoms with van der Waals surface area (Å²) in [6.07, 6.45) is 6.19. The maximum Gasteiger partial charge on any atom is 0.0675 e. The standard InChI is InChI=1S/C26H36N2O/c1-25(22-10-5-3-6-11-22)16-14-24-20-26(29,17-19-28(24)21-25)15-9-18-27(2)23-12-7-4-8-13-23/h3-8,10-13,24,29H,9,14-21H2,1-2H3. The predicted octanol–water partition coefficient (Wildman–Crippen LogP) is 4.85. The molecule has 2 aliphatic rings. The minimum absolute atomic E-state index is 0.242. The number of aliphatic hydroxyl groups is 1. The molecule has 3 atom stereocenters. The van der Waals surface area contributed by atoms with Gasteiger partial charge in [-0.15, -0.1) is 0 Å². The molecule has 0 bridgehead atoms. The minimum Gasteiger partial charge on any atom is -0.390 e. The Morgan fingerprint density at radius 1 is 1.03 bits per heavy atom. The number of benzene rings is 2. The molecule has 0 radical (unpaired) electrons. The van der Waals surface area contributed by atoms with Gasteiger partial charge in [-0.1, -0.05) is 55.5 Å². The first-order valence-electron chi connectivity index (χ1n) is 11.3. The van der Waals surface area contributed by atoms with Crippen molar-refractivity contribution in [3.8, 4) is 0 Å². The van der Waals surface area contributed by atoms with Gasteiger partial charge in [0.05, 0.1) is 5.60 Å². The fourth-order valence-electron chi connectivity index (χ4n) is 5.47. The van der Waals surface area contributed by atoms with Gasteiger partial charge in [-0.3, -0.25) is 4.90 Å². The van der Waals surface area contributed by atoms with E-state index in [2.05, 4.69) is 84.4 Å². The van der Waals surface area contributed by atoms with Crippen LogP contribution in [0.25, 0.3) is 0 Å². The highest BCUT2D eigenvalue weighted by molar-refractivity contribution is 5.44. The third-order valence-corrected chi connectivity index (χ3v) is 7.38. The van der Waals surface area contributed by atoms with Gasteiger partial charge in [-0.05, 0) is 56.2 Å². The first kappa shape index (κ1) is 20.4. The molecular formula is C26H36N2O. The summed E-state index contributed by atoms with van der Waals surface area (Å²) in [6.45, 7) is 5.55. The molecule has 0 aromatic heterocycles. The molecule has 29 heavy (non-hydrogen) atoms. The zero-order chi connectivity index (χ0) is 20.3. The third-order valence-electron chi connectivity index (χ3n) is 7.38. The molecule has 2 aromatic carbocycles. The third kappa shape index (κ3) is 4.67. The van der Waals surface area contributed by atoms with Gasteiger partial charge in [-0.2, -0.15) is 0 Å². The molecule has 0 aliphatic carbocycles. The molecule has 0 amide bonds. The van der Waals surface area contributed by atoms with E-state index in [1.165, 1.54) is 24.1 Å². The number of nitrogens with zero attached hydrogens (tertiary/aromatic N) is 2. The van der Waals surface area contributed by atoms with Crippen LogP contribution in [0.1, 0.15) is 51.0 Å². The number of para-hydroxylation sites is 1. The van der Waals surface area contributed by atoms with Crippen molar-refractivity contribution in [3.05, 3.63) is 66.2 Å². The van der Waals surface area contributed by atoms with Gasteiger partial charge < -0.3 is 10.0 Å². The molecule has 3 nitrogen and oxygen atoms in total. The minimum atomic E-state index is -0.487. The van der Waals surface area contributed by atoms with Crippen molar-refractivity contribution in [2.45, 2.75) is 62.5 Å². The van der Waals surface area contributed by atoms with Gasteiger partial charge >= 0.3 is 0 Å². The van der Waals surface area contributed by atoms with E-state index >= 15 is 0 Å². The Morgan fingerprint density at radius 3 is 2.45 bits per heavy atom. The normalized spacial score (nSPS) is 30.0. The molecule has 0 spiro atoms. The first-order chi connectivity index (χ1) is 14.0. The van der Waals surface area contributed by atoms with E-state index in [1.54, 1.807) is 0 Å². The van der Waals surface area contributed by atoms with Crippen molar-refractivity contribution in [3.63, 3.8) is 0 Å². The second kappa shape index (κ2) is 8.49. The summed E-state index contributed by atoms with van der Waals surface area (Å²) in [7, 11) is 2.15. The molecular weight excluding hydrogens is 356 g/mol. The zero-order valence-electron chi connectivity index (χ0n) is 18.1. The lowest BCUT2D eigenvalue weighted by atomic mass is 9.70. The highest BCUT2D eigenvalue weighted by Crippen LogP contribution is 2.42. The molecule has 2 aliphatic heterocycles. The van der Waals surface area contributed by atoms with Crippen molar-refractivity contribution >= 4 is 5.69 Å². The van der Waals surface area contributed by atoms with Crippen LogP contribution in [0.5, 0.6) is 0 Å². The van der Waals surface area contributed by atoms with Crippen LogP contribution in [-0.2, 0) is 5.41 Å². The Bertz CT molecular complexity index is 780. The summed E-state index contributed by atoms with van der Waals surface area (Å²) in [5.41, 5.74) is 2.47. The van der Waals surface area contributed by atoms with E-state index in [9.17, 15) is 5.11 Å². The SMILES string of the molecule is CN(CCCC1(O)CCN2CC(C)(c3ccccc3)CCC2C1)c1ccccc1. The molecule has 2 heterocycles. The second-order valence-electron chi connectivity index (χ2n) is 9.63. The first-order valence-corrected chi connectivity index (χ1v) is 11.3. The van der Waals surface area contributed by atoms with Crippen molar-refractivity contribution in [1.29, 1.82) is 0 Å². The van der Waals surface area contributed by atoms with E-state index in [4.69, 9.17) is 0 Å². The van der Waals surface area contributed by atoms with Crippen molar-refractivity contribution in [2.24, 2.45) is 0 Å². The maximum atomic E-state index is 11.3. The fourth-order valence-corrected chi connectivity index (χ4v) is 5.47. The van der Waals surface area contributed by atoms with E-state index in [0.717, 1.165) is 45.3 Å². The topological polar surface area (TPSA) is 26.7 Å². The molecule has 156 valence electrons. The Hall–Kier alpha value is -1.84. The maximum absolute atomic E-state index is 11.3. The molecule has 1 N–H and O–H groups in total. The Morgan fingerprint density at radius 2 is 1.72 bits per heavy atom. The van der Waals surface area contributed by atoms with E-state index < -0.39 is 5.60 Å². The smallest absolute Gasteiger partial charge is 0.0675 e. The average Bonchev–Trinajstić information content (AvgIpc) is 2.75. The van der Waals surface area contributed by atoms with E-state index in [0.29, 0.717) is 6.04 Å². The number of anilines is 1. The molecule has 4 rings (SSSR count). The zero-order valence-corrected chi connectivity index (χ0v) is 18.1. The van der Waals surface area contributed by atoms with Gasteiger partial charge in [-0.25, -0.2) is 0 Å². The molecule has 2 aromatic rings. The van der Waals surface area contributed by atoms with Gasteiger partial charge in [0.25, 0.3) is 0 Å². The van der Waals surface area contributed by atoms with Crippen LogP contribution in [0, 0.1) is 0 Å². The Kier molecular flexibility index (Phi) is 5.98. The largest absolute Gasteiger partial charge is 0.390 e. The summed E-state index contributed by atoms with van der Waals surface area (Å²) < 4.78 is 0. The number of fused-ring (bicyclic) bond motifs is 1. The lowest BCUT2D eigenvalue weighted by molar-refractivity contribution is -0.0716. The monoisotopic (exact) mass is 392 g/mol. The molecule has 0 saturated carbocycles. The average molecular weight is 393 g/mol. The summed E-state index contributed by atoms with van der Waals surface area (Å²) in [4.78, 5) is 4.95. The summed E-state index contributed by atoms with van der Waals surface area (Å²) >= 11 is 0. The number of rotatable bonds is 6. The number of hydrogen-bond donors (Lipinski definition) is 1. The van der Waals surface area contributed by atoms with E-state index in [-0.39, 0.29) is 5.41 Å². The molecule has 3 unspecified atom stereocenters.